The molecule has 1 aliphatic rings. The third-order valence-electron chi connectivity index (χ3n) is 3.66. The van der Waals surface area contributed by atoms with Crippen molar-refractivity contribution in [1.82, 2.24) is 4.98 Å². The minimum Gasteiger partial charge on any atom is -0.354 e. The normalized spacial score (nSPS) is 12.6. The number of rotatable bonds is 0. The van der Waals surface area contributed by atoms with Gasteiger partial charge < -0.3 is 10.3 Å². The van der Waals surface area contributed by atoms with Crippen LogP contribution in [0.25, 0.3) is 10.9 Å². The monoisotopic (exact) mass is 248 g/mol. The van der Waals surface area contributed by atoms with Crippen LogP contribution in [0.2, 0.25) is 0 Å². The van der Waals surface area contributed by atoms with Crippen molar-refractivity contribution >= 4 is 22.3 Å². The molecule has 2 N–H and O–H groups in total. The van der Waals surface area contributed by atoms with Crippen LogP contribution in [-0.4, -0.2) is 4.98 Å². The highest BCUT2D eigenvalue weighted by Gasteiger charge is 2.19. The van der Waals surface area contributed by atoms with Gasteiger partial charge in [-0.3, -0.25) is 4.79 Å². The van der Waals surface area contributed by atoms with Crippen molar-refractivity contribution in [2.24, 2.45) is 0 Å². The van der Waals surface area contributed by atoms with Crippen molar-refractivity contribution in [3.8, 4) is 0 Å². The van der Waals surface area contributed by atoms with Crippen LogP contribution in [0.15, 0.2) is 53.3 Å². The maximum atomic E-state index is 12.2. The van der Waals surface area contributed by atoms with Gasteiger partial charge in [-0.2, -0.15) is 0 Å². The second-order valence-electron chi connectivity index (χ2n) is 4.81. The Morgan fingerprint density at radius 1 is 0.947 bits per heavy atom. The lowest BCUT2D eigenvalue weighted by Crippen LogP contribution is -2.19. The number of H-pyrrole nitrogens is 1. The number of hydrogen-bond acceptors (Lipinski definition) is 2. The first-order valence-corrected chi connectivity index (χ1v) is 6.32. The first-order valence-electron chi connectivity index (χ1n) is 6.32. The molecule has 0 spiro atoms. The average Bonchev–Trinajstić information content (AvgIpc) is 2.46. The summed E-state index contributed by atoms with van der Waals surface area (Å²) >= 11 is 0. The number of hydrogen-bond donors (Lipinski definition) is 2. The highest BCUT2D eigenvalue weighted by molar-refractivity contribution is 5.96. The van der Waals surface area contributed by atoms with E-state index < -0.39 is 0 Å². The third-order valence-corrected chi connectivity index (χ3v) is 3.66. The van der Waals surface area contributed by atoms with E-state index in [1.807, 2.05) is 42.5 Å². The van der Waals surface area contributed by atoms with Gasteiger partial charge in [-0.25, -0.2) is 0 Å². The van der Waals surface area contributed by atoms with E-state index in [0.29, 0.717) is 6.42 Å². The maximum Gasteiger partial charge on any atom is 0.254 e. The average molecular weight is 248 g/mol. The number of anilines is 2. The van der Waals surface area contributed by atoms with Crippen LogP contribution >= 0.6 is 0 Å². The smallest absolute Gasteiger partial charge is 0.254 e. The molecule has 3 aromatic rings. The molecular formula is C16H12N2O. The van der Waals surface area contributed by atoms with Gasteiger partial charge in [0, 0.05) is 23.1 Å². The fourth-order valence-electron chi connectivity index (χ4n) is 2.72. The minimum atomic E-state index is -0.00398. The minimum absolute atomic E-state index is 0.00398. The van der Waals surface area contributed by atoms with Gasteiger partial charge in [-0.15, -0.1) is 0 Å². The molecule has 3 heteroatoms. The first-order chi connectivity index (χ1) is 9.33. The van der Waals surface area contributed by atoms with Crippen LogP contribution in [-0.2, 0) is 6.42 Å². The van der Waals surface area contributed by atoms with Crippen LogP contribution in [0.3, 0.4) is 0 Å². The molecule has 1 aliphatic heterocycles. The molecule has 4 rings (SSSR count). The summed E-state index contributed by atoms with van der Waals surface area (Å²) in [6, 6.07) is 16.0. The topological polar surface area (TPSA) is 44.9 Å². The molecule has 0 unspecified atom stereocenters. The highest BCUT2D eigenvalue weighted by Crippen LogP contribution is 2.34. The van der Waals surface area contributed by atoms with Crippen LogP contribution in [0, 0.1) is 0 Å². The third kappa shape index (κ3) is 1.48. The van der Waals surface area contributed by atoms with Crippen LogP contribution < -0.4 is 10.9 Å². The summed E-state index contributed by atoms with van der Waals surface area (Å²) in [5.74, 6) is 0. The lowest BCUT2D eigenvalue weighted by Gasteiger charge is -2.22. The summed E-state index contributed by atoms with van der Waals surface area (Å²) in [5.41, 5.74) is 4.88. The van der Waals surface area contributed by atoms with Gasteiger partial charge in [0.05, 0.1) is 11.2 Å². The molecule has 0 fully saturated rings. The van der Waals surface area contributed by atoms with Gasteiger partial charge in [-0.05, 0) is 17.7 Å². The zero-order valence-corrected chi connectivity index (χ0v) is 10.2. The number of pyridine rings is 1. The highest BCUT2D eigenvalue weighted by atomic mass is 16.1. The van der Waals surface area contributed by atoms with E-state index in [0.717, 1.165) is 33.4 Å². The molecule has 19 heavy (non-hydrogen) atoms. The number of aromatic amines is 1. The fourth-order valence-corrected chi connectivity index (χ4v) is 2.72. The van der Waals surface area contributed by atoms with Crippen molar-refractivity contribution in [3.05, 3.63) is 70.0 Å². The van der Waals surface area contributed by atoms with Gasteiger partial charge in [0.1, 0.15) is 0 Å². The van der Waals surface area contributed by atoms with Gasteiger partial charge in [-0.1, -0.05) is 36.4 Å². The lowest BCUT2D eigenvalue weighted by atomic mass is 9.96. The summed E-state index contributed by atoms with van der Waals surface area (Å²) in [4.78, 5) is 15.1. The largest absolute Gasteiger partial charge is 0.354 e. The van der Waals surface area contributed by atoms with Crippen molar-refractivity contribution in [2.45, 2.75) is 6.42 Å². The Morgan fingerprint density at radius 3 is 2.68 bits per heavy atom. The van der Waals surface area contributed by atoms with Gasteiger partial charge >= 0.3 is 0 Å². The summed E-state index contributed by atoms with van der Waals surface area (Å²) in [5, 5.41) is 4.47. The van der Waals surface area contributed by atoms with E-state index in [2.05, 4.69) is 16.4 Å². The predicted molar refractivity (Wildman–Crippen MR) is 77.1 cm³/mol. The SMILES string of the molecule is O=c1[nH]c2ccccc2c2c1Cc1ccccc1N2. The van der Waals surface area contributed by atoms with E-state index in [9.17, 15) is 4.79 Å². The van der Waals surface area contributed by atoms with E-state index >= 15 is 0 Å². The van der Waals surface area contributed by atoms with E-state index in [1.54, 1.807) is 0 Å². The number of benzene rings is 2. The summed E-state index contributed by atoms with van der Waals surface area (Å²) < 4.78 is 0. The fraction of sp³-hybridized carbons (Fsp3) is 0.0625. The summed E-state index contributed by atoms with van der Waals surface area (Å²) in [7, 11) is 0. The molecule has 92 valence electrons. The predicted octanol–water partition coefficient (Wildman–Crippen LogP) is 3.18. The Kier molecular flexibility index (Phi) is 2.03. The second kappa shape index (κ2) is 3.72. The molecular weight excluding hydrogens is 236 g/mol. The number of para-hydroxylation sites is 2. The zero-order chi connectivity index (χ0) is 12.8. The Hall–Kier alpha value is -2.55. The molecule has 0 saturated heterocycles. The van der Waals surface area contributed by atoms with Crippen molar-refractivity contribution in [1.29, 1.82) is 0 Å². The van der Waals surface area contributed by atoms with Crippen molar-refractivity contribution in [2.75, 3.05) is 5.32 Å². The molecule has 2 aromatic carbocycles. The molecule has 3 nitrogen and oxygen atoms in total. The summed E-state index contributed by atoms with van der Waals surface area (Å²) in [6.45, 7) is 0. The molecule has 0 radical (unpaired) electrons. The van der Waals surface area contributed by atoms with E-state index in [-0.39, 0.29) is 5.56 Å². The molecule has 0 saturated carbocycles. The second-order valence-corrected chi connectivity index (χ2v) is 4.81. The van der Waals surface area contributed by atoms with Crippen molar-refractivity contribution < 1.29 is 0 Å². The van der Waals surface area contributed by atoms with E-state index in [4.69, 9.17) is 0 Å². The number of nitrogens with one attached hydrogen (secondary N) is 2. The van der Waals surface area contributed by atoms with Gasteiger partial charge in [0.2, 0.25) is 0 Å². The zero-order valence-electron chi connectivity index (χ0n) is 10.2. The Balaban J connectivity index is 2.05. The molecule has 0 aliphatic carbocycles. The van der Waals surface area contributed by atoms with E-state index in [1.165, 1.54) is 0 Å². The maximum absolute atomic E-state index is 12.2. The quantitative estimate of drug-likeness (QED) is 0.502. The van der Waals surface area contributed by atoms with Crippen molar-refractivity contribution in [3.63, 3.8) is 0 Å². The molecule has 0 atom stereocenters. The molecule has 0 bridgehead atoms. The Morgan fingerprint density at radius 2 is 1.74 bits per heavy atom. The van der Waals surface area contributed by atoms with Gasteiger partial charge in [0.25, 0.3) is 5.56 Å². The van der Waals surface area contributed by atoms with Crippen LogP contribution in [0.1, 0.15) is 11.1 Å². The molecule has 2 heterocycles. The Bertz CT molecular complexity index is 849. The van der Waals surface area contributed by atoms with Crippen LogP contribution in [0.4, 0.5) is 11.4 Å². The number of fused-ring (bicyclic) bond motifs is 4. The van der Waals surface area contributed by atoms with Gasteiger partial charge in [0.15, 0.2) is 0 Å². The number of aromatic nitrogens is 1. The standard InChI is InChI=1S/C16H12N2O/c19-16-12-9-10-5-1-3-7-13(10)17-15(12)11-6-2-4-8-14(11)18-16/h1-8,17H,9H2,(H,18,19). The Labute approximate surface area is 109 Å². The molecule has 1 aromatic heterocycles. The van der Waals surface area contributed by atoms with Crippen LogP contribution in [0.5, 0.6) is 0 Å². The lowest BCUT2D eigenvalue weighted by molar-refractivity contribution is 1.10. The first kappa shape index (κ1) is 10.4. The summed E-state index contributed by atoms with van der Waals surface area (Å²) in [6.07, 6.45) is 0.679. The molecule has 0 amide bonds.